The van der Waals surface area contributed by atoms with Crippen LogP contribution in [0.3, 0.4) is 0 Å². The van der Waals surface area contributed by atoms with Crippen LogP contribution in [0.4, 0.5) is 20.6 Å². The first-order valence-corrected chi connectivity index (χ1v) is 10.9. The van der Waals surface area contributed by atoms with Gasteiger partial charge in [0.15, 0.2) is 11.5 Å². The highest BCUT2D eigenvalue weighted by atomic mass is 35.5. The number of nitrogens with one attached hydrogen (secondary N) is 2. The van der Waals surface area contributed by atoms with Gasteiger partial charge in [-0.05, 0) is 48.5 Å². The van der Waals surface area contributed by atoms with E-state index >= 15 is 0 Å². The van der Waals surface area contributed by atoms with Crippen LogP contribution in [0.5, 0.6) is 5.75 Å². The molecule has 0 fully saturated rings. The third kappa shape index (κ3) is 4.23. The minimum absolute atomic E-state index is 0.0956. The topological polar surface area (TPSA) is 137 Å². The molecule has 0 spiro atoms. The van der Waals surface area contributed by atoms with Gasteiger partial charge in [0.25, 0.3) is 5.91 Å². The third-order valence-electron chi connectivity index (χ3n) is 5.39. The van der Waals surface area contributed by atoms with Crippen LogP contribution < -0.4 is 21.1 Å². The average Bonchev–Trinajstić information content (AvgIpc) is 3.30. The Morgan fingerprint density at radius 2 is 1.75 bits per heavy atom. The molecule has 4 N–H and O–H groups in total. The summed E-state index contributed by atoms with van der Waals surface area (Å²) in [6.45, 7) is 0. The number of carbonyl (C=O) groups is 2. The number of hydrogen-bond donors (Lipinski definition) is 3. The zero-order valence-corrected chi connectivity index (χ0v) is 19.4. The Kier molecular flexibility index (Phi) is 5.82. The molecule has 5 rings (SSSR count). The second kappa shape index (κ2) is 9.12. The Balaban J connectivity index is 1.45. The minimum Gasteiger partial charge on any atom is -0.496 e. The maximum Gasteiger partial charge on any atom is 0.323 e. The maximum absolute atomic E-state index is 13.3. The van der Waals surface area contributed by atoms with E-state index in [-0.39, 0.29) is 10.6 Å². The number of halogens is 2. The Morgan fingerprint density at radius 1 is 1.03 bits per heavy atom. The highest BCUT2D eigenvalue weighted by Gasteiger charge is 2.17. The van der Waals surface area contributed by atoms with Gasteiger partial charge in [0.1, 0.15) is 11.6 Å². The van der Waals surface area contributed by atoms with Gasteiger partial charge < -0.3 is 21.1 Å². The van der Waals surface area contributed by atoms with Crippen LogP contribution in [-0.2, 0) is 0 Å². The molecule has 10 nitrogen and oxygen atoms in total. The zero-order chi connectivity index (χ0) is 25.4. The molecule has 0 saturated heterocycles. The quantitative estimate of drug-likeness (QED) is 0.322. The van der Waals surface area contributed by atoms with Crippen LogP contribution in [0.15, 0.2) is 60.8 Å². The van der Waals surface area contributed by atoms with Crippen molar-refractivity contribution in [1.29, 1.82) is 0 Å². The zero-order valence-electron chi connectivity index (χ0n) is 18.6. The smallest absolute Gasteiger partial charge is 0.323 e. The van der Waals surface area contributed by atoms with E-state index in [1.54, 1.807) is 47.0 Å². The summed E-state index contributed by atoms with van der Waals surface area (Å²) in [4.78, 5) is 28.6. The van der Waals surface area contributed by atoms with Gasteiger partial charge in [-0.15, -0.1) is 10.2 Å². The number of urea groups is 1. The van der Waals surface area contributed by atoms with Crippen LogP contribution in [0.25, 0.3) is 28.1 Å². The van der Waals surface area contributed by atoms with Crippen LogP contribution in [-0.4, -0.2) is 38.6 Å². The van der Waals surface area contributed by atoms with Crippen molar-refractivity contribution in [3.05, 3.63) is 77.2 Å². The van der Waals surface area contributed by atoms with Crippen molar-refractivity contribution in [1.82, 2.24) is 19.6 Å². The van der Waals surface area contributed by atoms with Crippen molar-refractivity contribution in [2.24, 2.45) is 5.73 Å². The lowest BCUT2D eigenvalue weighted by Crippen LogP contribution is -2.19. The van der Waals surface area contributed by atoms with E-state index < -0.39 is 17.8 Å². The van der Waals surface area contributed by atoms with Crippen LogP contribution in [0.2, 0.25) is 5.02 Å². The number of primary amides is 1. The third-order valence-corrected chi connectivity index (χ3v) is 5.68. The molecule has 5 aromatic rings. The number of methoxy groups -OCH3 is 1. The van der Waals surface area contributed by atoms with E-state index in [0.717, 1.165) is 6.07 Å². The molecule has 180 valence electrons. The largest absolute Gasteiger partial charge is 0.496 e. The van der Waals surface area contributed by atoms with E-state index in [0.29, 0.717) is 45.2 Å². The molecule has 36 heavy (non-hydrogen) atoms. The molecule has 12 heteroatoms. The summed E-state index contributed by atoms with van der Waals surface area (Å²) in [6.07, 6.45) is 1.56. The second-order valence-corrected chi connectivity index (χ2v) is 8.07. The fourth-order valence-corrected chi connectivity index (χ4v) is 3.88. The van der Waals surface area contributed by atoms with E-state index in [2.05, 4.69) is 25.8 Å². The molecule has 0 aliphatic rings. The number of fused-ring (bicyclic) bond motifs is 3. The van der Waals surface area contributed by atoms with Gasteiger partial charge in [0.2, 0.25) is 0 Å². The SMILES string of the molecule is COc1cc2ncc3nnc(-c4ccc(NC(=O)Nc5ccc(F)c(Cl)c5)cc4)n3c2cc1C(N)=O. The number of anilines is 2. The molecule has 0 radical (unpaired) electrons. The summed E-state index contributed by atoms with van der Waals surface area (Å²) in [5.74, 6) is -0.409. The van der Waals surface area contributed by atoms with Gasteiger partial charge in [0, 0.05) is 23.0 Å². The van der Waals surface area contributed by atoms with Crippen molar-refractivity contribution >= 4 is 51.6 Å². The van der Waals surface area contributed by atoms with Crippen LogP contribution in [0, 0.1) is 5.82 Å². The van der Waals surface area contributed by atoms with Gasteiger partial charge in [-0.25, -0.2) is 9.18 Å². The number of carbonyl (C=O) groups excluding carboxylic acids is 2. The Labute approximate surface area is 207 Å². The Bertz CT molecular complexity index is 1650. The summed E-state index contributed by atoms with van der Waals surface area (Å²) in [5, 5.41) is 13.6. The first kappa shape index (κ1) is 23.0. The minimum atomic E-state index is -0.642. The Hall–Kier alpha value is -4.77. The first-order chi connectivity index (χ1) is 17.3. The van der Waals surface area contributed by atoms with Crippen molar-refractivity contribution in [3.63, 3.8) is 0 Å². The van der Waals surface area contributed by atoms with Crippen molar-refractivity contribution in [3.8, 4) is 17.1 Å². The number of benzene rings is 3. The normalized spacial score (nSPS) is 11.0. The number of rotatable bonds is 5. The summed E-state index contributed by atoms with van der Waals surface area (Å²) >= 11 is 5.75. The Morgan fingerprint density at radius 3 is 2.44 bits per heavy atom. The van der Waals surface area contributed by atoms with Crippen LogP contribution in [0.1, 0.15) is 10.4 Å². The standard InChI is InChI=1S/C24H17ClFN7O3/c1-36-20-10-18-19(9-15(20)22(27)34)33-21(11-28-18)31-32-23(33)12-2-4-13(5-3-12)29-24(35)30-14-6-7-17(26)16(25)8-14/h2-11H,1H3,(H2,27,34)(H2,29,30,35). The van der Waals surface area contributed by atoms with Gasteiger partial charge in [0.05, 0.1) is 34.9 Å². The molecule has 3 aromatic carbocycles. The highest BCUT2D eigenvalue weighted by molar-refractivity contribution is 6.31. The molecular weight excluding hydrogens is 489 g/mol. The maximum atomic E-state index is 13.3. The lowest BCUT2D eigenvalue weighted by molar-refractivity contribution is 0.0997. The van der Waals surface area contributed by atoms with Gasteiger partial charge in [-0.2, -0.15) is 0 Å². The van der Waals surface area contributed by atoms with E-state index in [1.165, 1.54) is 19.2 Å². The summed E-state index contributed by atoms with van der Waals surface area (Å²) in [6, 6.07) is 13.5. The molecule has 0 unspecified atom stereocenters. The van der Waals surface area contributed by atoms with Gasteiger partial charge >= 0.3 is 6.03 Å². The van der Waals surface area contributed by atoms with Crippen molar-refractivity contribution in [2.75, 3.05) is 17.7 Å². The predicted octanol–water partition coefficient (Wildman–Crippen LogP) is 4.49. The lowest BCUT2D eigenvalue weighted by atomic mass is 10.1. The van der Waals surface area contributed by atoms with E-state index in [9.17, 15) is 14.0 Å². The molecule has 0 aliphatic carbocycles. The van der Waals surface area contributed by atoms with Gasteiger partial charge in [-0.3, -0.25) is 14.2 Å². The number of ether oxygens (including phenoxy) is 1. The van der Waals surface area contributed by atoms with E-state index in [1.807, 2.05) is 0 Å². The highest BCUT2D eigenvalue weighted by Crippen LogP contribution is 2.28. The lowest BCUT2D eigenvalue weighted by Gasteiger charge is -2.10. The summed E-state index contributed by atoms with van der Waals surface area (Å²) < 4.78 is 20.3. The van der Waals surface area contributed by atoms with E-state index in [4.69, 9.17) is 22.1 Å². The first-order valence-electron chi connectivity index (χ1n) is 10.5. The number of aromatic nitrogens is 4. The monoisotopic (exact) mass is 505 g/mol. The molecule has 0 bridgehead atoms. The summed E-state index contributed by atoms with van der Waals surface area (Å²) in [7, 11) is 1.45. The molecule has 0 aliphatic heterocycles. The molecular formula is C24H17ClFN7O3. The van der Waals surface area contributed by atoms with Crippen LogP contribution >= 0.6 is 11.6 Å². The number of nitrogens with two attached hydrogens (primary N) is 1. The number of hydrogen-bond acceptors (Lipinski definition) is 6. The van der Waals surface area contributed by atoms with Gasteiger partial charge in [-0.1, -0.05) is 11.6 Å². The molecule has 2 heterocycles. The van der Waals surface area contributed by atoms with Crippen molar-refractivity contribution < 1.29 is 18.7 Å². The number of amides is 3. The molecule has 2 aromatic heterocycles. The number of nitrogens with zero attached hydrogens (tertiary/aromatic N) is 4. The molecule has 3 amide bonds. The fourth-order valence-electron chi connectivity index (χ4n) is 3.70. The molecule has 0 atom stereocenters. The summed E-state index contributed by atoms with van der Waals surface area (Å²) in [5.41, 5.74) is 8.87. The fraction of sp³-hybridized carbons (Fsp3) is 0.0417. The molecule has 0 saturated carbocycles. The second-order valence-electron chi connectivity index (χ2n) is 7.67. The predicted molar refractivity (Wildman–Crippen MR) is 133 cm³/mol. The average molecular weight is 506 g/mol. The van der Waals surface area contributed by atoms with Crippen molar-refractivity contribution in [2.45, 2.75) is 0 Å².